The van der Waals surface area contributed by atoms with Crippen LogP contribution in [0.2, 0.25) is 0 Å². The van der Waals surface area contributed by atoms with Gasteiger partial charge in [0, 0.05) is 0 Å². The van der Waals surface area contributed by atoms with E-state index in [-0.39, 0.29) is 12.2 Å². The molecule has 0 bridgehead atoms. The van der Waals surface area contributed by atoms with E-state index in [1.807, 2.05) is 0 Å². The smallest absolute Gasteiger partial charge is 0.0577 e. The fourth-order valence-electron chi connectivity index (χ4n) is 8.14. The second-order valence-corrected chi connectivity index (χ2v) is 12.1. The molecule has 4 aliphatic rings. The molecule has 2 N–H and O–H groups in total. The van der Waals surface area contributed by atoms with Crippen molar-refractivity contribution in [2.24, 2.45) is 34.5 Å². The number of fused-ring (bicyclic) bond motifs is 5. The van der Waals surface area contributed by atoms with E-state index in [0.717, 1.165) is 49.9 Å². The summed E-state index contributed by atoms with van der Waals surface area (Å²) >= 11 is 4.50. The van der Waals surface area contributed by atoms with Gasteiger partial charge in [0.15, 0.2) is 0 Å². The minimum absolute atomic E-state index is 0.115. The van der Waals surface area contributed by atoms with Crippen molar-refractivity contribution >= 4 is 12.6 Å². The van der Waals surface area contributed by atoms with Gasteiger partial charge in [-0.05, 0) is 110 Å². The molecule has 0 heterocycles. The SMILES string of the molecule is CC(S)CCC[C@@H](O)C1CCC2C3CC=C4C[C@@H](O)CC[C@]4(C)C3CC[C@@]21C. The van der Waals surface area contributed by atoms with Crippen molar-refractivity contribution in [2.75, 3.05) is 0 Å². The standard InChI is InChI=1S/C25H42O2S/c1-16(28)5-4-6-23(27)22-10-9-20-19-8-7-17-15-18(26)11-13-24(17,2)21(19)12-14-25(20,22)3/h7,16,18-23,26-28H,4-6,8-15H2,1-3H3/t16?,18-,19?,20?,21?,22?,23+,24-,25-/m0/s1. The second-order valence-electron chi connectivity index (χ2n) is 11.2. The molecule has 3 fully saturated rings. The molecule has 0 amide bonds. The van der Waals surface area contributed by atoms with Gasteiger partial charge < -0.3 is 10.2 Å². The van der Waals surface area contributed by atoms with Gasteiger partial charge in [-0.2, -0.15) is 12.6 Å². The highest BCUT2D eigenvalue weighted by molar-refractivity contribution is 7.80. The molecule has 9 atom stereocenters. The predicted octanol–water partition coefficient (Wildman–Crippen LogP) is 5.78. The summed E-state index contributed by atoms with van der Waals surface area (Å²) < 4.78 is 0. The molecule has 2 nitrogen and oxygen atoms in total. The zero-order valence-electron chi connectivity index (χ0n) is 18.2. The Morgan fingerprint density at radius 3 is 2.64 bits per heavy atom. The molecule has 0 radical (unpaired) electrons. The molecule has 0 aromatic heterocycles. The van der Waals surface area contributed by atoms with Crippen molar-refractivity contribution in [3.8, 4) is 0 Å². The first-order chi connectivity index (χ1) is 13.3. The first-order valence-electron chi connectivity index (χ1n) is 12.0. The van der Waals surface area contributed by atoms with E-state index in [4.69, 9.17) is 0 Å². The van der Waals surface area contributed by atoms with Crippen LogP contribution < -0.4 is 0 Å². The minimum atomic E-state index is -0.131. The van der Waals surface area contributed by atoms with Crippen LogP contribution in [0.4, 0.5) is 0 Å². The summed E-state index contributed by atoms with van der Waals surface area (Å²) in [6.45, 7) is 7.17. The van der Waals surface area contributed by atoms with E-state index in [1.165, 1.54) is 38.5 Å². The Labute approximate surface area is 178 Å². The number of hydrogen-bond acceptors (Lipinski definition) is 3. The number of rotatable bonds is 5. The van der Waals surface area contributed by atoms with Gasteiger partial charge in [0.1, 0.15) is 0 Å². The van der Waals surface area contributed by atoms with Gasteiger partial charge in [0.2, 0.25) is 0 Å². The Morgan fingerprint density at radius 2 is 1.89 bits per heavy atom. The number of aliphatic hydroxyl groups is 2. The van der Waals surface area contributed by atoms with Gasteiger partial charge in [0.05, 0.1) is 12.2 Å². The molecule has 0 saturated heterocycles. The lowest BCUT2D eigenvalue weighted by atomic mass is 9.47. The van der Waals surface area contributed by atoms with Crippen LogP contribution in [0.15, 0.2) is 11.6 Å². The third-order valence-electron chi connectivity index (χ3n) is 9.74. The van der Waals surface area contributed by atoms with Crippen LogP contribution in [0, 0.1) is 34.5 Å². The van der Waals surface area contributed by atoms with Crippen LogP contribution in [0.5, 0.6) is 0 Å². The average molecular weight is 407 g/mol. The summed E-state index contributed by atoms with van der Waals surface area (Å²) in [4.78, 5) is 0. The lowest BCUT2D eigenvalue weighted by Gasteiger charge is -2.58. The molecule has 4 aliphatic carbocycles. The van der Waals surface area contributed by atoms with E-state index in [9.17, 15) is 10.2 Å². The molecule has 160 valence electrons. The molecule has 0 spiro atoms. The van der Waals surface area contributed by atoms with E-state index in [0.29, 0.717) is 22.0 Å². The lowest BCUT2D eigenvalue weighted by molar-refractivity contribution is -0.0716. The van der Waals surface area contributed by atoms with Crippen molar-refractivity contribution in [1.82, 2.24) is 0 Å². The largest absolute Gasteiger partial charge is 0.393 e. The van der Waals surface area contributed by atoms with E-state index >= 15 is 0 Å². The highest BCUT2D eigenvalue weighted by Crippen LogP contribution is 2.66. The van der Waals surface area contributed by atoms with Gasteiger partial charge >= 0.3 is 0 Å². The van der Waals surface area contributed by atoms with Gasteiger partial charge in [-0.1, -0.05) is 32.4 Å². The number of aliphatic hydroxyl groups excluding tert-OH is 2. The first kappa shape index (κ1) is 21.2. The van der Waals surface area contributed by atoms with E-state index in [1.54, 1.807) is 5.57 Å². The molecule has 3 saturated carbocycles. The zero-order chi connectivity index (χ0) is 20.1. The normalized spacial score (nSPS) is 47.5. The maximum absolute atomic E-state index is 11.1. The van der Waals surface area contributed by atoms with Gasteiger partial charge in [0.25, 0.3) is 0 Å². The van der Waals surface area contributed by atoms with Crippen molar-refractivity contribution in [3.05, 3.63) is 11.6 Å². The molecule has 3 heteroatoms. The summed E-state index contributed by atoms with van der Waals surface area (Å²) in [6, 6.07) is 0. The van der Waals surface area contributed by atoms with Crippen molar-refractivity contribution in [2.45, 2.75) is 109 Å². The highest BCUT2D eigenvalue weighted by Gasteiger charge is 2.59. The Balaban J connectivity index is 1.49. The Bertz CT molecular complexity index is 601. The average Bonchev–Trinajstić information content (AvgIpc) is 2.99. The summed E-state index contributed by atoms with van der Waals surface area (Å²) in [5.74, 6) is 2.84. The predicted molar refractivity (Wildman–Crippen MR) is 120 cm³/mol. The summed E-state index contributed by atoms with van der Waals surface area (Å²) in [7, 11) is 0. The first-order valence-corrected chi connectivity index (χ1v) is 12.5. The fourth-order valence-corrected chi connectivity index (χ4v) is 8.32. The lowest BCUT2D eigenvalue weighted by Crippen LogP contribution is -2.51. The molecular formula is C25H42O2S. The molecule has 0 aliphatic heterocycles. The van der Waals surface area contributed by atoms with Crippen molar-refractivity contribution in [1.29, 1.82) is 0 Å². The van der Waals surface area contributed by atoms with Crippen LogP contribution in [-0.2, 0) is 0 Å². The third kappa shape index (κ3) is 3.52. The molecule has 5 unspecified atom stereocenters. The molecule has 0 aromatic carbocycles. The summed E-state index contributed by atoms with van der Waals surface area (Å²) in [5.41, 5.74) is 2.21. The highest BCUT2D eigenvalue weighted by atomic mass is 32.1. The molecule has 28 heavy (non-hydrogen) atoms. The van der Waals surface area contributed by atoms with Crippen LogP contribution >= 0.6 is 12.6 Å². The van der Waals surface area contributed by atoms with E-state index < -0.39 is 0 Å². The number of thiol groups is 1. The molecular weight excluding hydrogens is 364 g/mol. The molecule has 0 aromatic rings. The Hall–Kier alpha value is 0.01000. The van der Waals surface area contributed by atoms with Crippen molar-refractivity contribution < 1.29 is 10.2 Å². The second kappa shape index (κ2) is 7.93. The third-order valence-corrected chi connectivity index (χ3v) is 10.00. The Morgan fingerprint density at radius 1 is 1.11 bits per heavy atom. The van der Waals surface area contributed by atoms with Gasteiger partial charge in [-0.15, -0.1) is 0 Å². The molecule has 4 rings (SSSR count). The van der Waals surface area contributed by atoms with Crippen LogP contribution in [0.3, 0.4) is 0 Å². The fraction of sp³-hybridized carbons (Fsp3) is 0.920. The van der Waals surface area contributed by atoms with E-state index in [2.05, 4.69) is 39.5 Å². The van der Waals surface area contributed by atoms with Gasteiger partial charge in [-0.25, -0.2) is 0 Å². The maximum Gasteiger partial charge on any atom is 0.0577 e. The zero-order valence-corrected chi connectivity index (χ0v) is 19.1. The quantitative estimate of drug-likeness (QED) is 0.400. The topological polar surface area (TPSA) is 40.5 Å². The van der Waals surface area contributed by atoms with Gasteiger partial charge in [-0.3, -0.25) is 0 Å². The van der Waals surface area contributed by atoms with Crippen molar-refractivity contribution in [3.63, 3.8) is 0 Å². The monoisotopic (exact) mass is 406 g/mol. The Kier molecular flexibility index (Phi) is 6.02. The number of allylic oxidation sites excluding steroid dienone is 1. The maximum atomic E-state index is 11.1. The van der Waals surface area contributed by atoms with Crippen LogP contribution in [0.1, 0.15) is 91.4 Å². The summed E-state index contributed by atoms with van der Waals surface area (Å²) in [5, 5.41) is 21.7. The number of hydrogen-bond donors (Lipinski definition) is 3. The van der Waals surface area contributed by atoms with Crippen LogP contribution in [0.25, 0.3) is 0 Å². The minimum Gasteiger partial charge on any atom is -0.393 e. The summed E-state index contributed by atoms with van der Waals surface area (Å²) in [6.07, 6.45) is 14.8. The van der Waals surface area contributed by atoms with Crippen LogP contribution in [-0.4, -0.2) is 27.7 Å².